The third-order valence-electron chi connectivity index (χ3n) is 6.33. The lowest BCUT2D eigenvalue weighted by molar-refractivity contribution is -0.122. The number of nitrogens with one attached hydrogen (secondary N) is 2. The quantitative estimate of drug-likeness (QED) is 0.315. The summed E-state index contributed by atoms with van der Waals surface area (Å²) in [4.78, 5) is 21.0. The van der Waals surface area contributed by atoms with Gasteiger partial charge in [0.05, 0.1) is 17.9 Å². The van der Waals surface area contributed by atoms with Crippen molar-refractivity contribution in [2.45, 2.75) is 31.7 Å². The maximum Gasteiger partial charge on any atom is 0.364 e. The maximum absolute atomic E-state index is 14.4. The molecule has 1 aromatic heterocycles. The number of allylic oxidation sites excluding steroid dienone is 2. The van der Waals surface area contributed by atoms with Crippen LogP contribution in [0.15, 0.2) is 54.8 Å². The van der Waals surface area contributed by atoms with Gasteiger partial charge < -0.3 is 15.1 Å². The molecule has 0 bridgehead atoms. The van der Waals surface area contributed by atoms with Gasteiger partial charge in [0.25, 0.3) is 0 Å². The van der Waals surface area contributed by atoms with Crippen molar-refractivity contribution in [1.29, 1.82) is 0 Å². The molecule has 0 radical (unpaired) electrons. The molecule has 0 saturated carbocycles. The second-order valence-corrected chi connectivity index (χ2v) is 11.3. The molecule has 1 aliphatic heterocycles. The van der Waals surface area contributed by atoms with E-state index in [4.69, 9.17) is 11.6 Å². The van der Waals surface area contributed by atoms with Gasteiger partial charge in [0.1, 0.15) is 17.3 Å². The number of alkyl halides is 3. The number of aromatic nitrogens is 1. The van der Waals surface area contributed by atoms with Crippen molar-refractivity contribution in [1.82, 2.24) is 15.2 Å². The van der Waals surface area contributed by atoms with Crippen LogP contribution >= 0.6 is 11.6 Å². The highest BCUT2D eigenvalue weighted by Gasteiger charge is 2.32. The Morgan fingerprint density at radius 3 is 2.44 bits per heavy atom. The highest BCUT2D eigenvalue weighted by molar-refractivity contribution is 7.92. The lowest BCUT2D eigenvalue weighted by atomic mass is 9.99. The van der Waals surface area contributed by atoms with E-state index in [2.05, 4.69) is 26.5 Å². The van der Waals surface area contributed by atoms with Gasteiger partial charge in [0, 0.05) is 44.0 Å². The number of halogens is 4. The minimum atomic E-state index is -3.67. The Morgan fingerprint density at radius 1 is 1.23 bits per heavy atom. The zero-order chi connectivity index (χ0) is 29.0. The number of hydrogen-bond donors (Lipinski definition) is 2. The first kappa shape index (κ1) is 30.3. The monoisotopic (exact) mass is 585 g/mol. The Bertz CT molecular complexity index is 1360. The number of carbonyl (C=O) groups is 1. The Hall–Kier alpha value is -3.25. The molecule has 0 aliphatic carbocycles. The molecule has 1 aromatic carbocycles. The fourth-order valence-electron chi connectivity index (χ4n) is 4.22. The van der Waals surface area contributed by atoms with E-state index in [1.54, 1.807) is 13.0 Å². The summed E-state index contributed by atoms with van der Waals surface area (Å²) < 4.78 is 67.0. The summed E-state index contributed by atoms with van der Waals surface area (Å²) in [5.41, 5.74) is 1.00. The zero-order valence-electron chi connectivity index (χ0n) is 21.8. The Balaban J connectivity index is 1.77. The van der Waals surface area contributed by atoms with E-state index in [1.807, 2.05) is 17.9 Å². The zero-order valence-corrected chi connectivity index (χ0v) is 23.4. The molecule has 1 aliphatic rings. The van der Waals surface area contributed by atoms with Gasteiger partial charge in [-0.05, 0) is 55.3 Å². The standard InChI is InChI=1S/C26H31ClF3N5O3S/c1-5-20(6-2)34-11-13-35(14-12-34)24-19(8-10-23(32-24)26(27,29)30)16-31-25(36)17(3)18-7-9-22(21(28)15-18)33-39(4,37)38/h5-10,15,17,33H,1,11-14,16H2,2-4H3,(H,31,36). The molecule has 1 atom stereocenters. The third kappa shape index (κ3) is 7.89. The van der Waals surface area contributed by atoms with Gasteiger partial charge in [-0.15, -0.1) is 0 Å². The largest absolute Gasteiger partial charge is 0.368 e. The van der Waals surface area contributed by atoms with Gasteiger partial charge in [-0.1, -0.05) is 24.8 Å². The maximum atomic E-state index is 14.4. The summed E-state index contributed by atoms with van der Waals surface area (Å²) in [7, 11) is -3.67. The molecule has 3 rings (SSSR count). The number of amides is 1. The predicted octanol–water partition coefficient (Wildman–Crippen LogP) is 4.51. The highest BCUT2D eigenvalue weighted by Crippen LogP contribution is 2.33. The molecule has 1 fully saturated rings. The topological polar surface area (TPSA) is 94.6 Å². The van der Waals surface area contributed by atoms with Crippen molar-refractivity contribution in [2.24, 2.45) is 0 Å². The normalized spacial score (nSPS) is 15.6. The van der Waals surface area contributed by atoms with Gasteiger partial charge >= 0.3 is 5.38 Å². The van der Waals surface area contributed by atoms with E-state index in [-0.39, 0.29) is 12.2 Å². The summed E-state index contributed by atoms with van der Waals surface area (Å²) in [6, 6.07) is 6.36. The molecular formula is C26H31ClF3N5O3S. The first-order valence-corrected chi connectivity index (χ1v) is 14.4. The molecule has 2 N–H and O–H groups in total. The van der Waals surface area contributed by atoms with Crippen molar-refractivity contribution in [2.75, 3.05) is 42.1 Å². The molecule has 2 heterocycles. The van der Waals surface area contributed by atoms with E-state index in [1.165, 1.54) is 18.2 Å². The third-order valence-corrected chi connectivity index (χ3v) is 7.11. The van der Waals surface area contributed by atoms with Crippen molar-refractivity contribution < 1.29 is 26.4 Å². The molecule has 39 heavy (non-hydrogen) atoms. The Kier molecular flexibility index (Phi) is 9.55. The highest BCUT2D eigenvalue weighted by atomic mass is 35.5. The Labute approximate surface area is 231 Å². The van der Waals surface area contributed by atoms with Crippen LogP contribution in [0, 0.1) is 5.82 Å². The SMILES string of the molecule is C=CC(=CC)N1CCN(c2nc(C(F)(F)Cl)ccc2CNC(=O)C(C)c2ccc(NS(C)(=O)=O)c(F)c2)CC1. The van der Waals surface area contributed by atoms with E-state index >= 15 is 0 Å². The van der Waals surface area contributed by atoms with Crippen LogP contribution < -0.4 is 14.9 Å². The Morgan fingerprint density at radius 2 is 1.90 bits per heavy atom. The molecule has 0 spiro atoms. The number of hydrogen-bond acceptors (Lipinski definition) is 6. The summed E-state index contributed by atoms with van der Waals surface area (Å²) in [5.74, 6) is -1.75. The number of pyridine rings is 1. The minimum absolute atomic E-state index is 0.0111. The van der Waals surface area contributed by atoms with E-state index in [0.29, 0.717) is 43.1 Å². The average Bonchev–Trinajstić information content (AvgIpc) is 2.88. The first-order valence-electron chi connectivity index (χ1n) is 12.1. The number of rotatable bonds is 10. The van der Waals surface area contributed by atoms with Gasteiger partial charge in [-0.2, -0.15) is 8.78 Å². The summed E-state index contributed by atoms with van der Waals surface area (Å²) >= 11 is 5.24. The van der Waals surface area contributed by atoms with Crippen LogP contribution in [0.3, 0.4) is 0 Å². The van der Waals surface area contributed by atoms with Gasteiger partial charge in [-0.25, -0.2) is 17.8 Å². The molecule has 1 unspecified atom stereocenters. The van der Waals surface area contributed by atoms with Crippen LogP contribution in [0.4, 0.5) is 24.7 Å². The number of sulfonamides is 1. The lowest BCUT2D eigenvalue weighted by Gasteiger charge is -2.38. The number of nitrogens with zero attached hydrogens (tertiary/aromatic N) is 3. The number of carbonyl (C=O) groups excluding carboxylic acids is 1. The average molecular weight is 586 g/mol. The minimum Gasteiger partial charge on any atom is -0.368 e. The van der Waals surface area contributed by atoms with Crippen LogP contribution in [-0.2, 0) is 26.7 Å². The fraction of sp³-hybridized carbons (Fsp3) is 0.385. The van der Waals surface area contributed by atoms with E-state index in [0.717, 1.165) is 24.1 Å². The first-order chi connectivity index (χ1) is 18.2. The summed E-state index contributed by atoms with van der Waals surface area (Å²) in [5, 5.41) is -0.897. The van der Waals surface area contributed by atoms with Crippen LogP contribution in [0.5, 0.6) is 0 Å². The lowest BCUT2D eigenvalue weighted by Crippen LogP contribution is -2.46. The molecule has 8 nitrogen and oxygen atoms in total. The van der Waals surface area contributed by atoms with Crippen molar-refractivity contribution >= 4 is 39.0 Å². The summed E-state index contributed by atoms with van der Waals surface area (Å²) in [6.07, 6.45) is 4.60. The molecule has 13 heteroatoms. The molecule has 2 aromatic rings. The second kappa shape index (κ2) is 12.3. The van der Waals surface area contributed by atoms with Crippen molar-refractivity contribution in [3.8, 4) is 0 Å². The summed E-state index contributed by atoms with van der Waals surface area (Å²) in [6.45, 7) is 9.52. The number of benzene rings is 1. The molecule has 1 amide bonds. The molecule has 212 valence electrons. The number of anilines is 2. The van der Waals surface area contributed by atoms with Gasteiger partial charge in [0.2, 0.25) is 15.9 Å². The van der Waals surface area contributed by atoms with Crippen molar-refractivity contribution in [3.05, 3.63) is 77.4 Å². The molecule has 1 saturated heterocycles. The van der Waals surface area contributed by atoms with Crippen LogP contribution in [-0.4, -0.2) is 56.6 Å². The smallest absolute Gasteiger partial charge is 0.364 e. The van der Waals surface area contributed by atoms with Crippen LogP contribution in [0.25, 0.3) is 0 Å². The van der Waals surface area contributed by atoms with Crippen LogP contribution in [0.1, 0.15) is 36.6 Å². The fourth-order valence-corrected chi connectivity index (χ4v) is 4.89. The van der Waals surface area contributed by atoms with Crippen LogP contribution in [0.2, 0.25) is 0 Å². The van der Waals surface area contributed by atoms with Gasteiger partial charge in [-0.3, -0.25) is 9.52 Å². The predicted molar refractivity (Wildman–Crippen MR) is 147 cm³/mol. The van der Waals surface area contributed by atoms with Gasteiger partial charge in [0.15, 0.2) is 0 Å². The van der Waals surface area contributed by atoms with E-state index in [9.17, 15) is 26.4 Å². The second-order valence-electron chi connectivity index (χ2n) is 9.12. The van der Waals surface area contributed by atoms with E-state index < -0.39 is 38.7 Å². The van der Waals surface area contributed by atoms with Crippen molar-refractivity contribution in [3.63, 3.8) is 0 Å². The molecular weight excluding hydrogens is 555 g/mol. The number of piperazine rings is 1.